The number of nitrogens with zero attached hydrogens (tertiary/aromatic N) is 4. The topological polar surface area (TPSA) is 176 Å². The van der Waals surface area contributed by atoms with Gasteiger partial charge in [0, 0.05) is 6.07 Å². The van der Waals surface area contributed by atoms with Crippen LogP contribution in [0, 0.1) is 10.1 Å². The SMILES string of the molecule is COc1cc(C(=O)c2nn(CO)nc2C(C)OC(=O)O)c([N+](=O)[O-])cc1OC. The summed E-state index contributed by atoms with van der Waals surface area (Å²) in [6.07, 6.45) is -2.85. The van der Waals surface area contributed by atoms with Crippen molar-refractivity contribution >= 4 is 17.6 Å². The molecule has 2 N–H and O–H groups in total. The van der Waals surface area contributed by atoms with E-state index in [-0.39, 0.29) is 17.2 Å². The number of methoxy groups -OCH3 is 2. The van der Waals surface area contributed by atoms with Crippen molar-refractivity contribution in [3.63, 3.8) is 0 Å². The van der Waals surface area contributed by atoms with Gasteiger partial charge in [0.15, 0.2) is 23.9 Å². The van der Waals surface area contributed by atoms with Crippen molar-refractivity contribution in [2.75, 3.05) is 14.2 Å². The highest BCUT2D eigenvalue weighted by Gasteiger charge is 2.31. The monoisotopic (exact) mass is 396 g/mol. The van der Waals surface area contributed by atoms with E-state index in [0.717, 1.165) is 16.9 Å². The molecule has 150 valence electrons. The van der Waals surface area contributed by atoms with E-state index in [9.17, 15) is 24.8 Å². The second-order valence-electron chi connectivity index (χ2n) is 5.28. The van der Waals surface area contributed by atoms with Gasteiger partial charge in [0.25, 0.3) is 5.69 Å². The average molecular weight is 396 g/mol. The lowest BCUT2D eigenvalue weighted by molar-refractivity contribution is -0.385. The lowest BCUT2D eigenvalue weighted by Crippen LogP contribution is -2.13. The van der Waals surface area contributed by atoms with Crippen LogP contribution >= 0.6 is 0 Å². The summed E-state index contributed by atoms with van der Waals surface area (Å²) in [5.74, 6) is -0.849. The lowest BCUT2D eigenvalue weighted by Gasteiger charge is -2.11. The first kappa shape index (κ1) is 20.6. The van der Waals surface area contributed by atoms with Crippen LogP contribution < -0.4 is 9.47 Å². The van der Waals surface area contributed by atoms with Crippen molar-refractivity contribution in [1.82, 2.24) is 15.0 Å². The Balaban J connectivity index is 2.64. The summed E-state index contributed by atoms with van der Waals surface area (Å²) in [6, 6.07) is 2.11. The zero-order valence-corrected chi connectivity index (χ0v) is 15.0. The first-order chi connectivity index (χ1) is 13.2. The van der Waals surface area contributed by atoms with Crippen LogP contribution in [-0.2, 0) is 11.5 Å². The summed E-state index contributed by atoms with van der Waals surface area (Å²) in [5, 5.41) is 37.0. The number of aliphatic hydroxyl groups excluding tert-OH is 1. The van der Waals surface area contributed by atoms with E-state index >= 15 is 0 Å². The highest BCUT2D eigenvalue weighted by Crippen LogP contribution is 2.36. The molecule has 0 saturated carbocycles. The number of nitro benzene ring substituents is 1. The normalized spacial score (nSPS) is 11.6. The maximum Gasteiger partial charge on any atom is 0.506 e. The van der Waals surface area contributed by atoms with Crippen molar-refractivity contribution in [1.29, 1.82) is 0 Å². The van der Waals surface area contributed by atoms with Crippen LogP contribution in [0.3, 0.4) is 0 Å². The molecule has 2 aromatic rings. The van der Waals surface area contributed by atoms with E-state index < -0.39 is 46.6 Å². The van der Waals surface area contributed by atoms with Gasteiger partial charge in [-0.2, -0.15) is 9.90 Å². The number of carboxylic acid groups (broad SMARTS) is 1. The van der Waals surface area contributed by atoms with Crippen LogP contribution in [-0.4, -0.2) is 56.3 Å². The number of ketones is 1. The quantitative estimate of drug-likeness (QED) is 0.283. The van der Waals surface area contributed by atoms with Crippen LogP contribution in [0.2, 0.25) is 0 Å². The summed E-state index contributed by atoms with van der Waals surface area (Å²) in [5.41, 5.74) is -1.61. The predicted octanol–water partition coefficient (Wildman–Crippen LogP) is 1.14. The molecule has 1 heterocycles. The molecule has 0 aliphatic carbocycles. The van der Waals surface area contributed by atoms with Crippen LogP contribution in [0.25, 0.3) is 0 Å². The summed E-state index contributed by atoms with van der Waals surface area (Å²) in [7, 11) is 2.56. The van der Waals surface area contributed by atoms with Crippen LogP contribution in [0.1, 0.15) is 34.8 Å². The van der Waals surface area contributed by atoms with Gasteiger partial charge in [0.05, 0.1) is 25.2 Å². The summed E-state index contributed by atoms with van der Waals surface area (Å²) < 4.78 is 14.6. The second-order valence-corrected chi connectivity index (χ2v) is 5.28. The Labute approximate surface area is 157 Å². The fourth-order valence-corrected chi connectivity index (χ4v) is 2.40. The standard InChI is InChI=1S/C15H16N4O9/c1-7(28-15(22)23)12-13(17-18(6-20)16-12)14(21)8-4-10(26-2)11(27-3)5-9(8)19(24)25/h4-5,7,20H,6H2,1-3H3,(H,22,23). The van der Waals surface area contributed by atoms with Crippen LogP contribution in [0.4, 0.5) is 10.5 Å². The third kappa shape index (κ3) is 3.98. The van der Waals surface area contributed by atoms with Crippen molar-refractivity contribution in [3.05, 3.63) is 39.2 Å². The minimum atomic E-state index is -1.62. The van der Waals surface area contributed by atoms with Crippen molar-refractivity contribution in [2.24, 2.45) is 0 Å². The van der Waals surface area contributed by atoms with Gasteiger partial charge in [0.2, 0.25) is 5.78 Å². The number of nitro groups is 1. The molecule has 1 aromatic heterocycles. The molecule has 1 aromatic carbocycles. The van der Waals surface area contributed by atoms with E-state index in [2.05, 4.69) is 14.9 Å². The Morgan fingerprint density at radius 3 is 2.36 bits per heavy atom. The number of benzene rings is 1. The Bertz CT molecular complexity index is 924. The van der Waals surface area contributed by atoms with E-state index in [1.807, 2.05) is 0 Å². The zero-order valence-electron chi connectivity index (χ0n) is 15.0. The molecule has 0 fully saturated rings. The highest BCUT2D eigenvalue weighted by atomic mass is 16.7. The molecule has 0 radical (unpaired) electrons. The minimum absolute atomic E-state index is 0.0348. The van der Waals surface area contributed by atoms with Crippen LogP contribution in [0.5, 0.6) is 11.5 Å². The van der Waals surface area contributed by atoms with Gasteiger partial charge in [-0.3, -0.25) is 14.9 Å². The van der Waals surface area contributed by atoms with Gasteiger partial charge in [-0.15, -0.1) is 5.10 Å². The lowest BCUT2D eigenvalue weighted by atomic mass is 10.0. The van der Waals surface area contributed by atoms with E-state index in [0.29, 0.717) is 0 Å². The molecule has 0 aliphatic rings. The molecule has 1 atom stereocenters. The number of aliphatic hydroxyl groups is 1. The summed E-state index contributed by atoms with van der Waals surface area (Å²) in [4.78, 5) is 35.1. The van der Waals surface area contributed by atoms with Gasteiger partial charge >= 0.3 is 6.16 Å². The molecule has 0 amide bonds. The summed E-state index contributed by atoms with van der Waals surface area (Å²) >= 11 is 0. The van der Waals surface area contributed by atoms with Gasteiger partial charge < -0.3 is 24.4 Å². The van der Waals surface area contributed by atoms with E-state index in [1.165, 1.54) is 21.1 Å². The second kappa shape index (κ2) is 8.30. The first-order valence-electron chi connectivity index (χ1n) is 7.64. The molecule has 0 spiro atoms. The minimum Gasteiger partial charge on any atom is -0.493 e. The van der Waals surface area contributed by atoms with Crippen molar-refractivity contribution in [2.45, 2.75) is 19.8 Å². The zero-order chi connectivity index (χ0) is 21.0. The van der Waals surface area contributed by atoms with Crippen molar-refractivity contribution in [3.8, 4) is 11.5 Å². The molecule has 13 heteroatoms. The third-order valence-corrected chi connectivity index (χ3v) is 3.63. The fourth-order valence-electron chi connectivity index (χ4n) is 2.40. The average Bonchev–Trinajstić information content (AvgIpc) is 3.10. The van der Waals surface area contributed by atoms with Crippen LogP contribution in [0.15, 0.2) is 12.1 Å². The number of rotatable bonds is 8. The number of carbonyl (C=O) groups excluding carboxylic acids is 1. The Hall–Kier alpha value is -3.74. The number of hydrogen-bond donors (Lipinski definition) is 2. The van der Waals surface area contributed by atoms with Gasteiger partial charge in [0.1, 0.15) is 17.4 Å². The first-order valence-corrected chi connectivity index (χ1v) is 7.64. The molecule has 28 heavy (non-hydrogen) atoms. The Morgan fingerprint density at radius 2 is 1.86 bits per heavy atom. The number of carbonyl (C=O) groups is 2. The van der Waals surface area contributed by atoms with E-state index in [1.54, 1.807) is 0 Å². The maximum atomic E-state index is 13.0. The molecule has 2 rings (SSSR count). The third-order valence-electron chi connectivity index (χ3n) is 3.63. The van der Waals surface area contributed by atoms with Gasteiger partial charge in [-0.05, 0) is 6.92 Å². The smallest absolute Gasteiger partial charge is 0.493 e. The highest BCUT2D eigenvalue weighted by molar-refractivity contribution is 6.11. The van der Waals surface area contributed by atoms with Crippen molar-refractivity contribution < 1.29 is 38.9 Å². The molecule has 0 aliphatic heterocycles. The van der Waals surface area contributed by atoms with E-state index in [4.69, 9.17) is 14.6 Å². The largest absolute Gasteiger partial charge is 0.506 e. The fraction of sp³-hybridized carbons (Fsp3) is 0.333. The van der Waals surface area contributed by atoms with Gasteiger partial charge in [-0.1, -0.05) is 0 Å². The molecular weight excluding hydrogens is 380 g/mol. The molecule has 0 saturated heterocycles. The molecular formula is C15H16N4O9. The number of hydrogen-bond acceptors (Lipinski definition) is 10. The summed E-state index contributed by atoms with van der Waals surface area (Å²) in [6.45, 7) is 0.577. The predicted molar refractivity (Wildman–Crippen MR) is 89.4 cm³/mol. The number of ether oxygens (including phenoxy) is 3. The molecule has 13 nitrogen and oxygen atoms in total. The Kier molecular flexibility index (Phi) is 6.10. The molecule has 0 bridgehead atoms. The molecule has 1 unspecified atom stereocenters. The maximum absolute atomic E-state index is 13.0. The van der Waals surface area contributed by atoms with Gasteiger partial charge in [-0.25, -0.2) is 4.79 Å². The Morgan fingerprint density at radius 1 is 1.25 bits per heavy atom. The number of aromatic nitrogens is 3.